The van der Waals surface area contributed by atoms with E-state index in [1.807, 2.05) is 27.7 Å². The van der Waals surface area contributed by atoms with E-state index in [0.29, 0.717) is 34.4 Å². The smallest absolute Gasteiger partial charge is 0.412 e. The van der Waals surface area contributed by atoms with Gasteiger partial charge in [0.05, 0.1) is 45.9 Å². The molecule has 0 spiro atoms. The Bertz CT molecular complexity index is 1710. The predicted molar refractivity (Wildman–Crippen MR) is 170 cm³/mol. The van der Waals surface area contributed by atoms with Gasteiger partial charge in [0.15, 0.2) is 5.82 Å². The van der Waals surface area contributed by atoms with Gasteiger partial charge in [0.25, 0.3) is 0 Å². The molecule has 4 aromatic rings. The minimum Gasteiger partial charge on any atom is -0.444 e. The maximum absolute atomic E-state index is 15.1. The van der Waals surface area contributed by atoms with Crippen molar-refractivity contribution < 1.29 is 18.7 Å². The highest BCUT2D eigenvalue weighted by Gasteiger charge is 2.30. The van der Waals surface area contributed by atoms with Crippen LogP contribution in [0.15, 0.2) is 12.4 Å². The molecule has 0 aliphatic carbocycles. The summed E-state index contributed by atoms with van der Waals surface area (Å²) in [6.07, 6.45) is 4.28. The lowest BCUT2D eigenvalue weighted by Crippen LogP contribution is -2.27. The molecule has 1 fully saturated rings. The third-order valence-corrected chi connectivity index (χ3v) is 8.19. The summed E-state index contributed by atoms with van der Waals surface area (Å²) in [5.41, 5.74) is 2.41. The molecule has 1 amide bonds. The maximum Gasteiger partial charge on any atom is 0.412 e. The van der Waals surface area contributed by atoms with Gasteiger partial charge < -0.3 is 14.4 Å². The van der Waals surface area contributed by atoms with Crippen LogP contribution in [0.5, 0.6) is 0 Å². The van der Waals surface area contributed by atoms with Crippen molar-refractivity contribution in [3.8, 4) is 17.3 Å². The van der Waals surface area contributed by atoms with Gasteiger partial charge in [-0.25, -0.2) is 19.2 Å². The minimum absolute atomic E-state index is 0.0760. The number of amides is 1. The molecule has 6 rings (SSSR count). The molecule has 1 N–H and O–H groups in total. The summed E-state index contributed by atoms with van der Waals surface area (Å²) in [6.45, 7) is 15.5. The van der Waals surface area contributed by atoms with Crippen molar-refractivity contribution in [2.24, 2.45) is 0 Å². The molecule has 0 radical (unpaired) electrons. The number of aromatic nitrogens is 3. The molecule has 0 saturated carbocycles. The van der Waals surface area contributed by atoms with E-state index in [9.17, 15) is 10.1 Å². The number of carbonyl (C=O) groups is 1. The van der Waals surface area contributed by atoms with Crippen molar-refractivity contribution >= 4 is 61.0 Å². The number of hydrogen-bond donors (Lipinski definition) is 1. The Morgan fingerprint density at radius 2 is 1.81 bits per heavy atom. The fraction of sp³-hybridized carbons (Fsp3) is 0.452. The zero-order valence-corrected chi connectivity index (χ0v) is 27.1. The summed E-state index contributed by atoms with van der Waals surface area (Å²) in [5.74, 6) is -0.0167. The lowest BCUT2D eigenvalue weighted by atomic mass is 9.94. The summed E-state index contributed by atoms with van der Waals surface area (Å²) in [6, 6.07) is 2.12. The number of ether oxygens (including phenoxy) is 2. The van der Waals surface area contributed by atoms with Gasteiger partial charge in [-0.3, -0.25) is 10.3 Å². The maximum atomic E-state index is 15.1. The standard InChI is InChI=1S/C27H24ClFN6O3S.2C2H6/c1-27(2,3)38-26(36)34-24-13(8-30)19-22(31-10-17(29)23(19)39-24)18-16-12-37-11-15(16)14-9-32-25(33-21(14)20(18)28)35-6-4-5-7-35;2*1-2/h9-10H,4-7,11-12H2,1-3H3,(H,34,36);2*1-2H3. The molecule has 0 bridgehead atoms. The Kier molecular flexibility index (Phi) is 10.1. The number of nitriles is 1. The molecule has 2 aliphatic heterocycles. The van der Waals surface area contributed by atoms with Crippen LogP contribution in [-0.2, 0) is 22.7 Å². The Balaban J connectivity index is 0.00000102. The van der Waals surface area contributed by atoms with E-state index in [1.165, 1.54) is 0 Å². The van der Waals surface area contributed by atoms with Gasteiger partial charge >= 0.3 is 6.09 Å². The number of fused-ring (bicyclic) bond motifs is 4. The minimum atomic E-state index is -0.750. The zero-order chi connectivity index (χ0) is 31.5. The number of halogens is 2. The predicted octanol–water partition coefficient (Wildman–Crippen LogP) is 8.60. The van der Waals surface area contributed by atoms with Crippen molar-refractivity contribution in [1.29, 1.82) is 5.26 Å². The van der Waals surface area contributed by atoms with Gasteiger partial charge in [-0.15, -0.1) is 11.3 Å². The number of carbonyl (C=O) groups excluding carboxylic acids is 1. The molecule has 0 unspecified atom stereocenters. The number of thiophene rings is 1. The molecule has 9 nitrogen and oxygen atoms in total. The van der Waals surface area contributed by atoms with Crippen LogP contribution >= 0.6 is 22.9 Å². The fourth-order valence-corrected chi connectivity index (χ4v) is 6.46. The van der Waals surface area contributed by atoms with Gasteiger partial charge in [-0.2, -0.15) is 5.26 Å². The van der Waals surface area contributed by atoms with Crippen LogP contribution in [0.2, 0.25) is 5.02 Å². The molecule has 1 saturated heterocycles. The van der Waals surface area contributed by atoms with E-state index in [-0.39, 0.29) is 27.3 Å². The number of pyridine rings is 1. The van der Waals surface area contributed by atoms with Crippen LogP contribution in [0.4, 0.5) is 20.1 Å². The second-order valence-electron chi connectivity index (χ2n) is 10.5. The quantitative estimate of drug-likeness (QED) is 0.240. The first-order valence-corrected chi connectivity index (χ1v) is 15.7. The first-order valence-electron chi connectivity index (χ1n) is 14.5. The summed E-state index contributed by atoms with van der Waals surface area (Å²) in [7, 11) is 0. The van der Waals surface area contributed by atoms with Crippen LogP contribution < -0.4 is 10.2 Å². The molecule has 3 aromatic heterocycles. The lowest BCUT2D eigenvalue weighted by molar-refractivity contribution is 0.0636. The third kappa shape index (κ3) is 6.23. The Morgan fingerprint density at radius 3 is 2.47 bits per heavy atom. The molecule has 43 heavy (non-hydrogen) atoms. The number of nitrogens with zero attached hydrogens (tertiary/aromatic N) is 5. The van der Waals surface area contributed by atoms with Crippen LogP contribution in [0.3, 0.4) is 0 Å². The van der Waals surface area contributed by atoms with Crippen molar-refractivity contribution in [2.45, 2.75) is 80.1 Å². The second kappa shape index (κ2) is 13.4. The third-order valence-electron chi connectivity index (χ3n) is 6.71. The van der Waals surface area contributed by atoms with Gasteiger partial charge in [0.1, 0.15) is 16.7 Å². The molecule has 12 heteroatoms. The average Bonchev–Trinajstić information content (AvgIpc) is 3.76. The molecule has 1 aromatic carbocycles. The Labute approximate surface area is 260 Å². The topological polar surface area (TPSA) is 113 Å². The second-order valence-corrected chi connectivity index (χ2v) is 11.9. The highest BCUT2D eigenvalue weighted by molar-refractivity contribution is 7.23. The van der Waals surface area contributed by atoms with Crippen molar-refractivity contribution in [1.82, 2.24) is 15.0 Å². The first-order chi connectivity index (χ1) is 20.7. The Morgan fingerprint density at radius 1 is 1.14 bits per heavy atom. The largest absolute Gasteiger partial charge is 0.444 e. The van der Waals surface area contributed by atoms with Gasteiger partial charge in [0.2, 0.25) is 5.95 Å². The van der Waals surface area contributed by atoms with E-state index < -0.39 is 17.5 Å². The van der Waals surface area contributed by atoms with Crippen LogP contribution in [0.1, 0.15) is 78.0 Å². The van der Waals surface area contributed by atoms with E-state index in [0.717, 1.165) is 60.0 Å². The Hall–Kier alpha value is -3.59. The number of hydrogen-bond acceptors (Lipinski definition) is 9. The monoisotopic (exact) mass is 626 g/mol. The highest BCUT2D eigenvalue weighted by atomic mass is 35.5. The summed E-state index contributed by atoms with van der Waals surface area (Å²) in [5, 5.41) is 14.3. The van der Waals surface area contributed by atoms with Crippen LogP contribution in [0.25, 0.3) is 32.2 Å². The highest BCUT2D eigenvalue weighted by Crippen LogP contribution is 2.47. The van der Waals surface area contributed by atoms with Crippen LogP contribution in [-0.4, -0.2) is 39.7 Å². The number of benzene rings is 1. The van der Waals surface area contributed by atoms with Gasteiger partial charge in [-0.05, 0) is 44.7 Å². The van der Waals surface area contributed by atoms with E-state index >= 15 is 4.39 Å². The van der Waals surface area contributed by atoms with E-state index in [4.69, 9.17) is 26.1 Å². The molecule has 5 heterocycles. The number of anilines is 2. The van der Waals surface area contributed by atoms with Crippen molar-refractivity contribution in [2.75, 3.05) is 23.3 Å². The van der Waals surface area contributed by atoms with Crippen LogP contribution in [0, 0.1) is 17.1 Å². The SMILES string of the molecule is CC.CC.CC(C)(C)OC(=O)Nc1sc2c(F)cnc(-c3c4c(c5cnc(N6CCCC6)nc5c3Cl)COC4)c2c1C#N. The van der Waals surface area contributed by atoms with Crippen molar-refractivity contribution in [3.63, 3.8) is 0 Å². The molecule has 2 aliphatic rings. The molecule has 228 valence electrons. The van der Waals surface area contributed by atoms with Gasteiger partial charge in [0, 0.05) is 35.6 Å². The average molecular weight is 627 g/mol. The van der Waals surface area contributed by atoms with Crippen molar-refractivity contribution in [3.05, 3.63) is 39.9 Å². The summed E-state index contributed by atoms with van der Waals surface area (Å²) < 4.78 is 26.4. The summed E-state index contributed by atoms with van der Waals surface area (Å²) in [4.78, 5) is 28.5. The number of nitrogens with one attached hydrogen (secondary N) is 1. The first kappa shape index (κ1) is 32.3. The summed E-state index contributed by atoms with van der Waals surface area (Å²) >= 11 is 8.01. The van der Waals surface area contributed by atoms with E-state index in [2.05, 4.69) is 26.3 Å². The molecular weight excluding hydrogens is 591 g/mol. The fourth-order valence-electron chi connectivity index (χ4n) is 5.07. The van der Waals surface area contributed by atoms with Gasteiger partial charge in [-0.1, -0.05) is 39.3 Å². The van der Waals surface area contributed by atoms with E-state index in [1.54, 1.807) is 27.0 Å². The lowest BCUT2D eigenvalue weighted by Gasteiger charge is -2.19. The molecular formula is C31H36ClFN6O3S. The molecule has 0 atom stereocenters. The zero-order valence-electron chi connectivity index (χ0n) is 25.5. The normalized spacial score (nSPS) is 14.0. The number of rotatable bonds is 3.